The van der Waals surface area contributed by atoms with Gasteiger partial charge in [0.1, 0.15) is 17.8 Å². The molecule has 2 amide bonds. The van der Waals surface area contributed by atoms with E-state index in [0.717, 1.165) is 12.1 Å². The van der Waals surface area contributed by atoms with Crippen molar-refractivity contribution in [1.29, 1.82) is 0 Å². The molecule has 0 fully saturated rings. The SMILES string of the molecule is CC(C)n1nc(-c2cccc(NC(=O)Nc3cccc(C(F)(F)F)c3)c2)c2c(N)ncnc21. The summed E-state index contributed by atoms with van der Waals surface area (Å²) >= 11 is 0. The van der Waals surface area contributed by atoms with Crippen LogP contribution >= 0.6 is 0 Å². The van der Waals surface area contributed by atoms with Crippen LogP contribution in [0.4, 0.5) is 35.2 Å². The highest BCUT2D eigenvalue weighted by Crippen LogP contribution is 2.33. The molecule has 4 rings (SSSR count). The van der Waals surface area contributed by atoms with Crippen LogP contribution in [0.5, 0.6) is 0 Å². The lowest BCUT2D eigenvalue weighted by atomic mass is 10.1. The van der Waals surface area contributed by atoms with Gasteiger partial charge in [0.05, 0.1) is 10.9 Å². The zero-order valence-electron chi connectivity index (χ0n) is 17.7. The molecule has 0 aliphatic heterocycles. The quantitative estimate of drug-likeness (QED) is 0.386. The minimum Gasteiger partial charge on any atom is -0.383 e. The first-order chi connectivity index (χ1) is 15.6. The minimum atomic E-state index is -4.50. The van der Waals surface area contributed by atoms with E-state index in [9.17, 15) is 18.0 Å². The van der Waals surface area contributed by atoms with Crippen LogP contribution in [0.25, 0.3) is 22.3 Å². The molecule has 0 bridgehead atoms. The largest absolute Gasteiger partial charge is 0.416 e. The maximum absolute atomic E-state index is 12.9. The van der Waals surface area contributed by atoms with Crippen molar-refractivity contribution in [2.24, 2.45) is 0 Å². The highest BCUT2D eigenvalue weighted by Gasteiger charge is 2.30. The number of nitrogens with zero attached hydrogens (tertiary/aromatic N) is 4. The van der Waals surface area contributed by atoms with Gasteiger partial charge in [-0.1, -0.05) is 18.2 Å². The molecule has 4 N–H and O–H groups in total. The number of anilines is 3. The van der Waals surface area contributed by atoms with E-state index in [-0.39, 0.29) is 17.5 Å². The van der Waals surface area contributed by atoms with Crippen LogP contribution in [-0.2, 0) is 6.18 Å². The summed E-state index contributed by atoms with van der Waals surface area (Å²) in [5.74, 6) is 0.280. The number of alkyl halides is 3. The molecule has 2 aromatic heterocycles. The van der Waals surface area contributed by atoms with Gasteiger partial charge in [-0.2, -0.15) is 18.3 Å². The first kappa shape index (κ1) is 22.1. The Labute approximate surface area is 186 Å². The Hall–Kier alpha value is -4.15. The normalized spacial score (nSPS) is 11.7. The van der Waals surface area contributed by atoms with Crippen molar-refractivity contribution in [3.05, 3.63) is 60.4 Å². The van der Waals surface area contributed by atoms with Gasteiger partial charge in [-0.05, 0) is 44.2 Å². The third kappa shape index (κ3) is 4.56. The minimum absolute atomic E-state index is 0.0186. The van der Waals surface area contributed by atoms with Gasteiger partial charge in [0.15, 0.2) is 5.65 Å². The number of carbonyl (C=O) groups is 1. The van der Waals surface area contributed by atoms with Gasteiger partial charge in [0, 0.05) is 23.0 Å². The highest BCUT2D eigenvalue weighted by molar-refractivity contribution is 6.01. The summed E-state index contributed by atoms with van der Waals surface area (Å²) < 4.78 is 40.4. The number of benzene rings is 2. The number of fused-ring (bicyclic) bond motifs is 1. The van der Waals surface area contributed by atoms with E-state index in [0.29, 0.717) is 28.0 Å². The van der Waals surface area contributed by atoms with Gasteiger partial charge in [-0.25, -0.2) is 19.4 Å². The van der Waals surface area contributed by atoms with Crippen molar-refractivity contribution in [2.75, 3.05) is 16.4 Å². The number of nitrogens with one attached hydrogen (secondary N) is 2. The second-order valence-electron chi connectivity index (χ2n) is 7.58. The van der Waals surface area contributed by atoms with Crippen LogP contribution in [0.2, 0.25) is 0 Å². The fourth-order valence-electron chi connectivity index (χ4n) is 3.37. The predicted octanol–water partition coefficient (Wildman–Crippen LogP) is 5.32. The Morgan fingerprint density at radius 3 is 2.36 bits per heavy atom. The number of urea groups is 1. The maximum Gasteiger partial charge on any atom is 0.416 e. The molecule has 0 spiro atoms. The van der Waals surface area contributed by atoms with Gasteiger partial charge >= 0.3 is 12.2 Å². The van der Waals surface area contributed by atoms with E-state index in [1.807, 2.05) is 13.8 Å². The fraction of sp³-hybridized carbons (Fsp3) is 0.182. The molecule has 0 radical (unpaired) electrons. The number of hydrogen-bond acceptors (Lipinski definition) is 5. The number of nitrogens with two attached hydrogens (primary N) is 1. The zero-order valence-corrected chi connectivity index (χ0v) is 17.7. The van der Waals surface area contributed by atoms with Crippen LogP contribution in [0, 0.1) is 0 Å². The first-order valence-electron chi connectivity index (χ1n) is 9.98. The molecular formula is C22H20F3N7O. The molecule has 170 valence electrons. The summed E-state index contributed by atoms with van der Waals surface area (Å²) in [5, 5.41) is 10.3. The molecule has 11 heteroatoms. The van der Waals surface area contributed by atoms with Gasteiger partial charge in [-0.15, -0.1) is 0 Å². The van der Waals surface area contributed by atoms with E-state index >= 15 is 0 Å². The fourth-order valence-corrected chi connectivity index (χ4v) is 3.37. The molecule has 2 heterocycles. The molecule has 0 saturated carbocycles. The topological polar surface area (TPSA) is 111 Å². The Bertz CT molecular complexity index is 1330. The van der Waals surface area contributed by atoms with Crippen LogP contribution in [0.3, 0.4) is 0 Å². The van der Waals surface area contributed by atoms with Crippen molar-refractivity contribution >= 4 is 34.3 Å². The standard InChI is InChI=1S/C22H20F3N7O/c1-12(2)32-20-17(19(26)27-11-28-20)18(31-32)13-5-3-7-15(9-13)29-21(33)30-16-8-4-6-14(10-16)22(23,24)25/h3-12H,1-2H3,(H2,26,27,28)(H2,29,30,33). The van der Waals surface area contributed by atoms with E-state index < -0.39 is 17.8 Å². The van der Waals surface area contributed by atoms with Gasteiger partial charge in [0.25, 0.3) is 0 Å². The number of rotatable bonds is 4. The lowest BCUT2D eigenvalue weighted by molar-refractivity contribution is -0.137. The summed E-state index contributed by atoms with van der Waals surface area (Å²) in [6.07, 6.45) is -3.13. The molecule has 0 aliphatic carbocycles. The lowest BCUT2D eigenvalue weighted by Crippen LogP contribution is -2.19. The molecular weight excluding hydrogens is 435 g/mol. The molecule has 0 saturated heterocycles. The third-order valence-electron chi connectivity index (χ3n) is 4.85. The molecule has 0 aliphatic rings. The number of halogens is 3. The Kier molecular flexibility index (Phi) is 5.62. The maximum atomic E-state index is 12.9. The van der Waals surface area contributed by atoms with E-state index in [4.69, 9.17) is 5.73 Å². The van der Waals surface area contributed by atoms with Crippen LogP contribution in [-0.4, -0.2) is 25.8 Å². The Morgan fingerprint density at radius 1 is 1.03 bits per heavy atom. The molecule has 2 aromatic carbocycles. The summed E-state index contributed by atoms with van der Waals surface area (Å²) in [5.41, 5.74) is 7.48. The highest BCUT2D eigenvalue weighted by atomic mass is 19.4. The van der Waals surface area contributed by atoms with Crippen LogP contribution in [0.15, 0.2) is 54.9 Å². The second-order valence-corrected chi connectivity index (χ2v) is 7.58. The lowest BCUT2D eigenvalue weighted by Gasteiger charge is -2.11. The average molecular weight is 455 g/mol. The number of hydrogen-bond donors (Lipinski definition) is 3. The molecule has 4 aromatic rings. The molecule has 0 unspecified atom stereocenters. The monoisotopic (exact) mass is 455 g/mol. The molecule has 8 nitrogen and oxygen atoms in total. The smallest absolute Gasteiger partial charge is 0.383 e. The van der Waals surface area contributed by atoms with Crippen LogP contribution < -0.4 is 16.4 Å². The summed E-state index contributed by atoms with van der Waals surface area (Å²) in [7, 11) is 0. The second kappa shape index (κ2) is 8.41. The number of carbonyl (C=O) groups excluding carboxylic acids is 1. The molecule has 0 atom stereocenters. The van der Waals surface area contributed by atoms with E-state index in [2.05, 4.69) is 25.7 Å². The summed E-state index contributed by atoms with van der Waals surface area (Å²) in [4.78, 5) is 20.7. The Balaban J connectivity index is 1.60. The van der Waals surface area contributed by atoms with Crippen molar-refractivity contribution in [1.82, 2.24) is 19.7 Å². The third-order valence-corrected chi connectivity index (χ3v) is 4.85. The van der Waals surface area contributed by atoms with Crippen molar-refractivity contribution in [3.63, 3.8) is 0 Å². The van der Waals surface area contributed by atoms with Crippen molar-refractivity contribution in [2.45, 2.75) is 26.1 Å². The van der Waals surface area contributed by atoms with Crippen molar-refractivity contribution in [3.8, 4) is 11.3 Å². The van der Waals surface area contributed by atoms with E-state index in [1.165, 1.54) is 18.5 Å². The number of aromatic nitrogens is 4. The first-order valence-corrected chi connectivity index (χ1v) is 9.98. The van der Waals surface area contributed by atoms with Gasteiger partial charge in [-0.3, -0.25) is 0 Å². The Morgan fingerprint density at radius 2 is 1.70 bits per heavy atom. The van der Waals surface area contributed by atoms with Crippen LogP contribution in [0.1, 0.15) is 25.5 Å². The summed E-state index contributed by atoms with van der Waals surface area (Å²) in [6, 6.07) is 10.6. The van der Waals surface area contributed by atoms with E-state index in [1.54, 1.807) is 28.9 Å². The average Bonchev–Trinajstić information content (AvgIpc) is 3.15. The van der Waals surface area contributed by atoms with Gasteiger partial charge in [0.2, 0.25) is 0 Å². The summed E-state index contributed by atoms with van der Waals surface area (Å²) in [6.45, 7) is 3.93. The predicted molar refractivity (Wildman–Crippen MR) is 120 cm³/mol. The zero-order chi connectivity index (χ0) is 23.8. The van der Waals surface area contributed by atoms with Gasteiger partial charge < -0.3 is 16.4 Å². The number of amides is 2. The van der Waals surface area contributed by atoms with Crippen molar-refractivity contribution < 1.29 is 18.0 Å². The molecule has 33 heavy (non-hydrogen) atoms. The number of nitrogen functional groups attached to an aromatic ring is 1.